The minimum atomic E-state index is -0.801. The quantitative estimate of drug-likeness (QED) is 0.876. The van der Waals surface area contributed by atoms with Crippen LogP contribution in [-0.4, -0.2) is 27.2 Å². The number of nitrogens with zero attached hydrogens (tertiary/aromatic N) is 2. The standard InChI is InChI=1S/C16H19N3O4S/c1-9-6-10(24-8-9)7-17-13(21)11-12(20)14(22)19-4-5-23-16(2,3)15(19)18-11/h6,8,20H,4-5,7H2,1-3H3,(H,17,21). The van der Waals surface area contributed by atoms with Gasteiger partial charge in [0, 0.05) is 4.88 Å². The minimum absolute atomic E-state index is 0.266. The van der Waals surface area contributed by atoms with Crippen LogP contribution in [-0.2, 0) is 23.4 Å². The Bertz CT molecular complexity index is 853. The number of ether oxygens (including phenoxy) is 1. The summed E-state index contributed by atoms with van der Waals surface area (Å²) in [6, 6.07) is 1.97. The van der Waals surface area contributed by atoms with Gasteiger partial charge >= 0.3 is 0 Å². The van der Waals surface area contributed by atoms with Crippen LogP contribution in [0.3, 0.4) is 0 Å². The lowest BCUT2D eigenvalue weighted by Gasteiger charge is -2.32. The van der Waals surface area contributed by atoms with Gasteiger partial charge in [-0.2, -0.15) is 0 Å². The third-order valence-electron chi connectivity index (χ3n) is 3.88. The maximum absolute atomic E-state index is 12.4. The van der Waals surface area contributed by atoms with Gasteiger partial charge in [-0.15, -0.1) is 11.3 Å². The van der Waals surface area contributed by atoms with E-state index in [-0.39, 0.29) is 5.69 Å². The average molecular weight is 349 g/mol. The Morgan fingerprint density at radius 3 is 2.96 bits per heavy atom. The number of aryl methyl sites for hydroxylation is 1. The van der Waals surface area contributed by atoms with Crippen LogP contribution in [0.25, 0.3) is 0 Å². The Morgan fingerprint density at radius 1 is 1.54 bits per heavy atom. The molecule has 8 heteroatoms. The van der Waals surface area contributed by atoms with Crippen LogP contribution in [0.15, 0.2) is 16.2 Å². The zero-order valence-corrected chi connectivity index (χ0v) is 14.6. The number of aromatic nitrogens is 2. The number of hydrogen-bond donors (Lipinski definition) is 2. The smallest absolute Gasteiger partial charge is 0.296 e. The minimum Gasteiger partial charge on any atom is -0.501 e. The van der Waals surface area contributed by atoms with Crippen molar-refractivity contribution in [3.8, 4) is 5.75 Å². The van der Waals surface area contributed by atoms with E-state index >= 15 is 0 Å². The predicted molar refractivity (Wildman–Crippen MR) is 89.4 cm³/mol. The summed E-state index contributed by atoms with van der Waals surface area (Å²) in [5.41, 5.74) is -0.562. The lowest BCUT2D eigenvalue weighted by atomic mass is 10.1. The van der Waals surface area contributed by atoms with Gasteiger partial charge in [0.25, 0.3) is 11.5 Å². The fourth-order valence-corrected chi connectivity index (χ4v) is 3.48. The number of hydrogen-bond acceptors (Lipinski definition) is 6. The SMILES string of the molecule is Cc1csc(CNC(=O)c2nc3n(c(=O)c2O)CCOC3(C)C)c1. The molecule has 24 heavy (non-hydrogen) atoms. The summed E-state index contributed by atoms with van der Waals surface area (Å²) in [5, 5.41) is 14.8. The normalized spacial score (nSPS) is 15.8. The third-order valence-corrected chi connectivity index (χ3v) is 4.94. The van der Waals surface area contributed by atoms with E-state index in [4.69, 9.17) is 4.74 Å². The van der Waals surface area contributed by atoms with Crippen LogP contribution in [0.2, 0.25) is 0 Å². The maximum Gasteiger partial charge on any atom is 0.296 e. The van der Waals surface area contributed by atoms with Crippen LogP contribution in [0, 0.1) is 6.92 Å². The second-order valence-corrected chi connectivity index (χ2v) is 7.22. The van der Waals surface area contributed by atoms with Crippen molar-refractivity contribution in [2.24, 2.45) is 0 Å². The van der Waals surface area contributed by atoms with E-state index < -0.39 is 22.8 Å². The van der Waals surface area contributed by atoms with Crippen LogP contribution in [0.5, 0.6) is 5.75 Å². The van der Waals surface area contributed by atoms with E-state index in [1.165, 1.54) is 15.9 Å². The molecule has 7 nitrogen and oxygen atoms in total. The van der Waals surface area contributed by atoms with E-state index in [2.05, 4.69) is 10.3 Å². The highest BCUT2D eigenvalue weighted by atomic mass is 32.1. The molecule has 1 amide bonds. The molecule has 3 rings (SSSR count). The predicted octanol–water partition coefficient (Wildman–Crippen LogP) is 1.51. The number of fused-ring (bicyclic) bond motifs is 1. The van der Waals surface area contributed by atoms with Gasteiger partial charge in [-0.05, 0) is 37.8 Å². The molecule has 0 unspecified atom stereocenters. The molecule has 0 spiro atoms. The molecule has 0 aliphatic carbocycles. The summed E-state index contributed by atoms with van der Waals surface area (Å²) in [7, 11) is 0. The number of amides is 1. The van der Waals surface area contributed by atoms with E-state index in [1.807, 2.05) is 18.4 Å². The van der Waals surface area contributed by atoms with Gasteiger partial charge in [0.2, 0.25) is 5.75 Å². The summed E-state index contributed by atoms with van der Waals surface area (Å²) in [4.78, 5) is 29.9. The van der Waals surface area contributed by atoms with Gasteiger partial charge in [0.1, 0.15) is 11.4 Å². The first kappa shape index (κ1) is 16.7. The molecule has 0 saturated heterocycles. The molecule has 2 aromatic rings. The number of aromatic hydroxyl groups is 1. The molecule has 0 saturated carbocycles. The number of carbonyl (C=O) groups is 1. The first-order valence-electron chi connectivity index (χ1n) is 7.60. The Labute approximate surface area is 142 Å². The molecular weight excluding hydrogens is 330 g/mol. The molecule has 128 valence electrons. The van der Waals surface area contributed by atoms with Crippen LogP contribution in [0.4, 0.5) is 0 Å². The first-order chi connectivity index (χ1) is 11.3. The zero-order chi connectivity index (χ0) is 17.5. The van der Waals surface area contributed by atoms with Gasteiger partial charge in [0.15, 0.2) is 5.69 Å². The van der Waals surface area contributed by atoms with Crippen molar-refractivity contribution in [1.29, 1.82) is 0 Å². The third kappa shape index (κ3) is 2.94. The number of nitrogens with one attached hydrogen (secondary N) is 1. The largest absolute Gasteiger partial charge is 0.501 e. The van der Waals surface area contributed by atoms with Gasteiger partial charge in [-0.3, -0.25) is 14.2 Å². The van der Waals surface area contributed by atoms with E-state index in [0.29, 0.717) is 25.5 Å². The number of rotatable bonds is 3. The molecule has 3 heterocycles. The molecule has 0 fully saturated rings. The lowest BCUT2D eigenvalue weighted by molar-refractivity contribution is -0.0566. The molecule has 0 bridgehead atoms. The molecule has 0 aromatic carbocycles. The van der Waals surface area contributed by atoms with Crippen LogP contribution in [0.1, 0.15) is 40.6 Å². The topological polar surface area (TPSA) is 93.5 Å². The summed E-state index contributed by atoms with van der Waals surface area (Å²) in [6.07, 6.45) is 0. The van der Waals surface area contributed by atoms with Crippen molar-refractivity contribution in [2.45, 2.75) is 39.5 Å². The van der Waals surface area contributed by atoms with E-state index in [0.717, 1.165) is 10.4 Å². The second-order valence-electron chi connectivity index (χ2n) is 6.22. The number of thiophene rings is 1. The maximum atomic E-state index is 12.4. The monoisotopic (exact) mass is 349 g/mol. The average Bonchev–Trinajstić information content (AvgIpc) is 2.94. The van der Waals surface area contributed by atoms with Crippen molar-refractivity contribution in [2.75, 3.05) is 6.61 Å². The Morgan fingerprint density at radius 2 is 2.29 bits per heavy atom. The molecule has 0 atom stereocenters. The fourth-order valence-electron chi connectivity index (χ4n) is 2.66. The summed E-state index contributed by atoms with van der Waals surface area (Å²) >= 11 is 1.53. The Kier molecular flexibility index (Phi) is 4.18. The summed E-state index contributed by atoms with van der Waals surface area (Å²) in [5.74, 6) is -0.870. The van der Waals surface area contributed by atoms with Crippen molar-refractivity contribution in [1.82, 2.24) is 14.9 Å². The second kappa shape index (κ2) is 6.03. The summed E-state index contributed by atoms with van der Waals surface area (Å²) < 4.78 is 6.98. The van der Waals surface area contributed by atoms with Crippen LogP contribution < -0.4 is 10.9 Å². The molecular formula is C16H19N3O4S. The van der Waals surface area contributed by atoms with Crippen molar-refractivity contribution < 1.29 is 14.6 Å². The van der Waals surface area contributed by atoms with Gasteiger partial charge < -0.3 is 15.2 Å². The van der Waals surface area contributed by atoms with E-state index in [1.54, 1.807) is 13.8 Å². The van der Waals surface area contributed by atoms with Gasteiger partial charge in [-0.25, -0.2) is 4.98 Å². The lowest BCUT2D eigenvalue weighted by Crippen LogP contribution is -2.42. The summed E-state index contributed by atoms with van der Waals surface area (Å²) in [6.45, 7) is 6.49. The molecule has 2 N–H and O–H groups in total. The highest BCUT2D eigenvalue weighted by Gasteiger charge is 2.34. The van der Waals surface area contributed by atoms with Gasteiger partial charge in [-0.1, -0.05) is 0 Å². The van der Waals surface area contributed by atoms with Crippen molar-refractivity contribution in [3.05, 3.63) is 43.8 Å². The van der Waals surface area contributed by atoms with E-state index in [9.17, 15) is 14.7 Å². The van der Waals surface area contributed by atoms with Crippen LogP contribution >= 0.6 is 11.3 Å². The molecule has 2 aromatic heterocycles. The number of carbonyl (C=O) groups excluding carboxylic acids is 1. The fraction of sp³-hybridized carbons (Fsp3) is 0.438. The highest BCUT2D eigenvalue weighted by Crippen LogP contribution is 2.27. The molecule has 1 aliphatic rings. The Balaban J connectivity index is 1.91. The first-order valence-corrected chi connectivity index (χ1v) is 8.48. The highest BCUT2D eigenvalue weighted by molar-refractivity contribution is 7.10. The van der Waals surface area contributed by atoms with Crippen molar-refractivity contribution in [3.63, 3.8) is 0 Å². The molecule has 0 radical (unpaired) electrons. The zero-order valence-electron chi connectivity index (χ0n) is 13.8. The van der Waals surface area contributed by atoms with Crippen molar-refractivity contribution >= 4 is 17.2 Å². The Hall–Kier alpha value is -2.19. The molecule has 1 aliphatic heterocycles. The van der Waals surface area contributed by atoms with Gasteiger partial charge in [0.05, 0.1) is 19.7 Å².